The predicted octanol–water partition coefficient (Wildman–Crippen LogP) is 4.52. The first-order valence-electron chi connectivity index (χ1n) is 9.24. The van der Waals surface area contributed by atoms with Crippen LogP contribution in [0.2, 0.25) is 0 Å². The average molecular weight is 369 g/mol. The first-order chi connectivity index (χ1) is 11.9. The van der Waals surface area contributed by atoms with Crippen LogP contribution in [0, 0.1) is 11.8 Å². The van der Waals surface area contributed by atoms with Gasteiger partial charge in [0, 0.05) is 17.8 Å². The topological polar surface area (TPSA) is 59.5 Å². The van der Waals surface area contributed by atoms with Crippen LogP contribution in [0.4, 0.5) is 0 Å². The van der Waals surface area contributed by atoms with Gasteiger partial charge in [0.15, 0.2) is 5.69 Å². The van der Waals surface area contributed by atoms with Crippen LogP contribution >= 0.6 is 11.3 Å². The first kappa shape index (κ1) is 21.6. The van der Waals surface area contributed by atoms with E-state index in [-0.39, 0.29) is 11.8 Å². The number of carbonyl (C=O) groups is 2. The molecule has 1 rings (SSSR count). The summed E-state index contributed by atoms with van der Waals surface area (Å²) >= 11 is 1.40. The van der Waals surface area contributed by atoms with Gasteiger partial charge in [0.1, 0.15) is 5.01 Å². The molecule has 6 heteroatoms. The molecular weight excluding hydrogens is 336 g/mol. The van der Waals surface area contributed by atoms with Crippen LogP contribution in [-0.2, 0) is 16.1 Å². The third kappa shape index (κ3) is 7.14. The maximum Gasteiger partial charge on any atom is 0.357 e. The molecule has 5 nitrogen and oxygen atoms in total. The number of esters is 1. The van der Waals surface area contributed by atoms with Crippen molar-refractivity contribution in [2.75, 3.05) is 13.7 Å². The number of amides is 1. The highest BCUT2D eigenvalue weighted by Gasteiger charge is 2.24. The minimum atomic E-state index is -0.433. The Kier molecular flexibility index (Phi) is 9.71. The van der Waals surface area contributed by atoms with E-state index in [0.29, 0.717) is 18.2 Å². The normalized spacial score (nSPS) is 12.2. The van der Waals surface area contributed by atoms with Gasteiger partial charge in [-0.15, -0.1) is 11.3 Å². The molecule has 1 heterocycles. The molecule has 0 aliphatic carbocycles. The molecule has 0 N–H and O–H groups in total. The van der Waals surface area contributed by atoms with E-state index in [2.05, 4.69) is 32.7 Å². The zero-order chi connectivity index (χ0) is 18.8. The van der Waals surface area contributed by atoms with Crippen molar-refractivity contribution in [3.63, 3.8) is 0 Å². The lowest BCUT2D eigenvalue weighted by molar-refractivity contribution is -0.136. The van der Waals surface area contributed by atoms with Crippen molar-refractivity contribution in [1.82, 2.24) is 9.88 Å². The highest BCUT2D eigenvalue weighted by Crippen LogP contribution is 2.20. The second-order valence-corrected chi connectivity index (χ2v) is 7.75. The zero-order valence-corrected chi connectivity index (χ0v) is 17.0. The Labute approximate surface area is 155 Å². The monoisotopic (exact) mass is 368 g/mol. The van der Waals surface area contributed by atoms with Crippen molar-refractivity contribution in [1.29, 1.82) is 0 Å². The number of methoxy groups -OCH3 is 1. The van der Waals surface area contributed by atoms with Crippen LogP contribution in [0.1, 0.15) is 75.3 Å². The largest absolute Gasteiger partial charge is 0.464 e. The number of hydrogen-bond donors (Lipinski definition) is 0. The standard InChI is InChI=1S/C19H32N2O3S/c1-6-8-9-15(7-2)18(22)21(11-10-14(3)4)12-17-20-16(13-25-17)19(23)24-5/h13-15H,6-12H2,1-5H3/t15-/m1/s1. The molecule has 1 atom stereocenters. The number of aromatic nitrogens is 1. The summed E-state index contributed by atoms with van der Waals surface area (Å²) in [6.45, 7) is 9.75. The third-order valence-electron chi connectivity index (χ3n) is 4.31. The van der Waals surface area contributed by atoms with Gasteiger partial charge in [0.2, 0.25) is 5.91 Å². The summed E-state index contributed by atoms with van der Waals surface area (Å²) in [4.78, 5) is 30.8. The Morgan fingerprint density at radius 1 is 1.28 bits per heavy atom. The molecule has 142 valence electrons. The molecule has 0 aliphatic rings. The fourth-order valence-electron chi connectivity index (χ4n) is 2.64. The van der Waals surface area contributed by atoms with E-state index < -0.39 is 5.97 Å². The van der Waals surface area contributed by atoms with E-state index in [4.69, 9.17) is 4.74 Å². The van der Waals surface area contributed by atoms with Gasteiger partial charge < -0.3 is 9.64 Å². The quantitative estimate of drug-likeness (QED) is 0.539. The van der Waals surface area contributed by atoms with Crippen molar-refractivity contribution in [3.05, 3.63) is 16.1 Å². The molecule has 1 aromatic rings. The summed E-state index contributed by atoms with van der Waals surface area (Å²) in [6, 6.07) is 0. The number of nitrogens with zero attached hydrogens (tertiary/aromatic N) is 2. The maximum absolute atomic E-state index is 13.0. The number of hydrogen-bond acceptors (Lipinski definition) is 5. The Morgan fingerprint density at radius 2 is 2.00 bits per heavy atom. The lowest BCUT2D eigenvalue weighted by atomic mass is 9.97. The van der Waals surface area contributed by atoms with Crippen molar-refractivity contribution >= 4 is 23.2 Å². The molecule has 0 aliphatic heterocycles. The second kappa shape index (κ2) is 11.2. The molecule has 0 radical (unpaired) electrons. The zero-order valence-electron chi connectivity index (χ0n) is 16.2. The van der Waals surface area contributed by atoms with E-state index in [1.165, 1.54) is 18.4 Å². The lowest BCUT2D eigenvalue weighted by Crippen LogP contribution is -2.36. The molecule has 0 saturated heterocycles. The Balaban J connectivity index is 2.85. The van der Waals surface area contributed by atoms with Gasteiger partial charge in [0.05, 0.1) is 13.7 Å². The van der Waals surface area contributed by atoms with Crippen LogP contribution < -0.4 is 0 Å². The van der Waals surface area contributed by atoms with Crippen molar-refractivity contribution < 1.29 is 14.3 Å². The van der Waals surface area contributed by atoms with Gasteiger partial charge >= 0.3 is 5.97 Å². The summed E-state index contributed by atoms with van der Waals surface area (Å²) in [5.41, 5.74) is 0.316. The summed E-state index contributed by atoms with van der Waals surface area (Å²) in [7, 11) is 1.35. The number of unbranched alkanes of at least 4 members (excludes halogenated alkanes) is 1. The van der Waals surface area contributed by atoms with Crippen molar-refractivity contribution in [2.45, 2.75) is 66.3 Å². The Hall–Kier alpha value is -1.43. The Bertz CT molecular complexity index is 543. The molecule has 25 heavy (non-hydrogen) atoms. The van der Waals surface area contributed by atoms with Gasteiger partial charge in [0.25, 0.3) is 0 Å². The minimum Gasteiger partial charge on any atom is -0.464 e. The SMILES string of the molecule is CCCC[C@@H](CC)C(=O)N(CCC(C)C)Cc1nc(C(=O)OC)cs1. The summed E-state index contributed by atoms with van der Waals surface area (Å²) in [6.07, 6.45) is 4.94. The van der Waals surface area contributed by atoms with E-state index in [0.717, 1.165) is 43.7 Å². The molecule has 0 fully saturated rings. The highest BCUT2D eigenvalue weighted by molar-refractivity contribution is 7.09. The second-order valence-electron chi connectivity index (χ2n) is 6.81. The molecule has 0 unspecified atom stereocenters. The Morgan fingerprint density at radius 3 is 2.56 bits per heavy atom. The number of rotatable bonds is 11. The smallest absolute Gasteiger partial charge is 0.357 e. The van der Waals surface area contributed by atoms with Crippen molar-refractivity contribution in [3.8, 4) is 0 Å². The van der Waals surface area contributed by atoms with E-state index in [1.54, 1.807) is 5.38 Å². The van der Waals surface area contributed by atoms with E-state index >= 15 is 0 Å². The van der Waals surface area contributed by atoms with Gasteiger partial charge in [-0.2, -0.15) is 0 Å². The lowest BCUT2D eigenvalue weighted by Gasteiger charge is -2.27. The van der Waals surface area contributed by atoms with Gasteiger partial charge in [-0.05, 0) is 25.2 Å². The summed E-state index contributed by atoms with van der Waals surface area (Å²) in [5.74, 6) is 0.392. The molecular formula is C19H32N2O3S. The molecule has 0 spiro atoms. The number of ether oxygens (including phenoxy) is 1. The summed E-state index contributed by atoms with van der Waals surface area (Å²) < 4.78 is 4.71. The number of carbonyl (C=O) groups excluding carboxylic acids is 2. The van der Waals surface area contributed by atoms with Crippen LogP contribution in [0.25, 0.3) is 0 Å². The predicted molar refractivity (Wildman–Crippen MR) is 102 cm³/mol. The average Bonchev–Trinajstić information content (AvgIpc) is 3.06. The molecule has 0 bridgehead atoms. The molecule has 0 aromatic carbocycles. The first-order valence-corrected chi connectivity index (χ1v) is 10.1. The minimum absolute atomic E-state index is 0.0761. The van der Waals surface area contributed by atoms with Gasteiger partial charge in [-0.1, -0.05) is 40.5 Å². The third-order valence-corrected chi connectivity index (χ3v) is 5.14. The van der Waals surface area contributed by atoms with Crippen molar-refractivity contribution in [2.24, 2.45) is 11.8 Å². The highest BCUT2D eigenvalue weighted by atomic mass is 32.1. The van der Waals surface area contributed by atoms with E-state index in [1.807, 2.05) is 4.90 Å². The van der Waals surface area contributed by atoms with Crippen LogP contribution in [0.3, 0.4) is 0 Å². The summed E-state index contributed by atoms with van der Waals surface area (Å²) in [5, 5.41) is 2.48. The molecule has 1 aromatic heterocycles. The fraction of sp³-hybridized carbons (Fsp3) is 0.737. The van der Waals surface area contributed by atoms with Gasteiger partial charge in [-0.3, -0.25) is 4.79 Å². The molecule has 0 saturated carbocycles. The number of thiazole rings is 1. The van der Waals surface area contributed by atoms with Crippen LogP contribution in [0.5, 0.6) is 0 Å². The van der Waals surface area contributed by atoms with Gasteiger partial charge in [-0.25, -0.2) is 9.78 Å². The van der Waals surface area contributed by atoms with E-state index in [9.17, 15) is 9.59 Å². The van der Waals surface area contributed by atoms with Crippen LogP contribution in [0.15, 0.2) is 5.38 Å². The maximum atomic E-state index is 13.0. The molecule has 1 amide bonds. The fourth-order valence-corrected chi connectivity index (χ4v) is 3.42. The van der Waals surface area contributed by atoms with Crippen LogP contribution in [-0.4, -0.2) is 35.4 Å².